The highest BCUT2D eigenvalue weighted by Gasteiger charge is 2.23. The van der Waals surface area contributed by atoms with Crippen LogP contribution in [0.25, 0.3) is 0 Å². The van der Waals surface area contributed by atoms with Gasteiger partial charge in [0, 0.05) is 32.9 Å². The molecule has 0 spiro atoms. The Kier molecular flexibility index (Phi) is 7.58. The zero-order valence-corrected chi connectivity index (χ0v) is 17.9. The van der Waals surface area contributed by atoms with Crippen LogP contribution >= 0.6 is 0 Å². The van der Waals surface area contributed by atoms with Crippen LogP contribution < -0.4 is 15.5 Å². The summed E-state index contributed by atoms with van der Waals surface area (Å²) in [5.74, 6) is -0.721. The zero-order valence-electron chi connectivity index (χ0n) is 17.1. The molecule has 0 atom stereocenters. The summed E-state index contributed by atoms with van der Waals surface area (Å²) in [6.07, 6.45) is 0. The smallest absolute Gasteiger partial charge is 0.243 e. The second-order valence-electron chi connectivity index (χ2n) is 6.57. The molecule has 0 aliphatic carbocycles. The van der Waals surface area contributed by atoms with Gasteiger partial charge < -0.3 is 15.5 Å². The van der Waals surface area contributed by atoms with Crippen LogP contribution in [0.2, 0.25) is 0 Å². The summed E-state index contributed by atoms with van der Waals surface area (Å²) in [6.45, 7) is 4.24. The van der Waals surface area contributed by atoms with E-state index in [-0.39, 0.29) is 23.2 Å². The summed E-state index contributed by atoms with van der Waals surface area (Å²) < 4.78 is 40.0. The molecule has 2 rings (SSSR count). The van der Waals surface area contributed by atoms with E-state index in [9.17, 15) is 17.6 Å². The van der Waals surface area contributed by atoms with E-state index in [1.807, 2.05) is 19.0 Å². The Hall–Kier alpha value is -2.65. The first-order valence-electron chi connectivity index (χ1n) is 9.29. The molecule has 7 nitrogen and oxygen atoms in total. The highest BCUT2D eigenvalue weighted by molar-refractivity contribution is 7.89. The minimum absolute atomic E-state index is 0.0764. The van der Waals surface area contributed by atoms with Gasteiger partial charge in [-0.3, -0.25) is 4.79 Å². The number of carbonyl (C=O) groups is 1. The number of hydrogen-bond donors (Lipinski definition) is 2. The number of amides is 1. The Balaban J connectivity index is 2.21. The summed E-state index contributed by atoms with van der Waals surface area (Å²) in [5.41, 5.74) is 1.75. The molecule has 0 fully saturated rings. The normalized spacial score (nSPS) is 11.4. The lowest BCUT2D eigenvalue weighted by Gasteiger charge is -2.22. The average molecular weight is 423 g/mol. The van der Waals surface area contributed by atoms with E-state index in [1.165, 1.54) is 34.6 Å². The van der Waals surface area contributed by atoms with Crippen molar-refractivity contribution in [2.24, 2.45) is 0 Å². The number of hydrogen-bond acceptors (Lipinski definition) is 5. The van der Waals surface area contributed by atoms with Crippen molar-refractivity contribution < 1.29 is 17.6 Å². The second kappa shape index (κ2) is 9.71. The maximum absolute atomic E-state index is 13.0. The Morgan fingerprint density at radius 2 is 1.66 bits per heavy atom. The Bertz CT molecular complexity index is 943. The SMILES string of the molecule is CCN(CC)S(=O)(=O)c1ccc(N(C)C)c(NCC(=O)Nc2ccc(F)cc2)c1. The summed E-state index contributed by atoms with van der Waals surface area (Å²) >= 11 is 0. The van der Waals surface area contributed by atoms with Crippen LogP contribution in [-0.4, -0.2) is 52.4 Å². The summed E-state index contributed by atoms with van der Waals surface area (Å²) in [4.78, 5) is 14.2. The maximum atomic E-state index is 13.0. The molecule has 0 aliphatic rings. The minimum atomic E-state index is -3.62. The van der Waals surface area contributed by atoms with Gasteiger partial charge in [-0.15, -0.1) is 0 Å². The largest absolute Gasteiger partial charge is 0.376 e. The predicted molar refractivity (Wildman–Crippen MR) is 114 cm³/mol. The molecule has 9 heteroatoms. The molecule has 158 valence electrons. The quantitative estimate of drug-likeness (QED) is 0.649. The zero-order chi connectivity index (χ0) is 21.6. The lowest BCUT2D eigenvalue weighted by molar-refractivity contribution is -0.114. The van der Waals surface area contributed by atoms with Gasteiger partial charge in [0.2, 0.25) is 15.9 Å². The minimum Gasteiger partial charge on any atom is -0.376 e. The van der Waals surface area contributed by atoms with Crippen LogP contribution in [0.4, 0.5) is 21.5 Å². The van der Waals surface area contributed by atoms with Crippen LogP contribution in [0.15, 0.2) is 47.4 Å². The predicted octanol–water partition coefficient (Wildman–Crippen LogP) is 2.97. The number of sulfonamides is 1. The molecule has 0 saturated carbocycles. The van der Waals surface area contributed by atoms with Crippen LogP contribution in [0.1, 0.15) is 13.8 Å². The van der Waals surface area contributed by atoms with Crippen LogP contribution in [0.5, 0.6) is 0 Å². The summed E-state index contributed by atoms with van der Waals surface area (Å²) in [6, 6.07) is 10.3. The maximum Gasteiger partial charge on any atom is 0.243 e. The third-order valence-corrected chi connectivity index (χ3v) is 6.41. The Morgan fingerprint density at radius 1 is 1.03 bits per heavy atom. The molecule has 2 N–H and O–H groups in total. The number of rotatable bonds is 9. The van der Waals surface area contributed by atoms with Crippen LogP contribution in [-0.2, 0) is 14.8 Å². The molecule has 0 aliphatic heterocycles. The molecule has 0 aromatic heterocycles. The molecule has 2 aromatic rings. The van der Waals surface area contributed by atoms with Gasteiger partial charge in [-0.05, 0) is 42.5 Å². The van der Waals surface area contributed by atoms with Crippen molar-refractivity contribution in [1.82, 2.24) is 4.31 Å². The summed E-state index contributed by atoms with van der Waals surface area (Å²) in [7, 11) is 0.0434. The van der Waals surface area contributed by atoms with Crippen molar-refractivity contribution in [2.45, 2.75) is 18.7 Å². The van der Waals surface area contributed by atoms with E-state index in [0.717, 1.165) is 5.69 Å². The van der Waals surface area contributed by atoms with Gasteiger partial charge in [0.1, 0.15) is 5.82 Å². The standard InChI is InChI=1S/C20H27FN4O3S/c1-5-25(6-2)29(27,28)17-11-12-19(24(3)4)18(13-17)22-14-20(26)23-16-9-7-15(21)8-10-16/h7-13,22H,5-6,14H2,1-4H3,(H,23,26). The number of halogens is 1. The average Bonchev–Trinajstić information content (AvgIpc) is 2.68. The number of benzene rings is 2. The molecule has 0 heterocycles. The van der Waals surface area contributed by atoms with Crippen molar-refractivity contribution in [3.8, 4) is 0 Å². The Labute approximate surface area is 171 Å². The third kappa shape index (κ3) is 5.68. The third-order valence-electron chi connectivity index (χ3n) is 4.36. The fourth-order valence-electron chi connectivity index (χ4n) is 2.83. The van der Waals surface area contributed by atoms with Gasteiger partial charge in [-0.1, -0.05) is 13.8 Å². The number of anilines is 3. The molecule has 2 aromatic carbocycles. The van der Waals surface area contributed by atoms with Crippen molar-refractivity contribution in [1.29, 1.82) is 0 Å². The van der Waals surface area contributed by atoms with Gasteiger partial charge in [0.25, 0.3) is 0 Å². The molecular formula is C20H27FN4O3S. The van der Waals surface area contributed by atoms with Gasteiger partial charge >= 0.3 is 0 Å². The van der Waals surface area contributed by atoms with Crippen LogP contribution in [0.3, 0.4) is 0 Å². The lowest BCUT2D eigenvalue weighted by atomic mass is 10.2. The topological polar surface area (TPSA) is 81.8 Å². The van der Waals surface area contributed by atoms with Crippen molar-refractivity contribution in [3.05, 3.63) is 48.3 Å². The first kappa shape index (κ1) is 22.6. The van der Waals surface area contributed by atoms with Gasteiger partial charge in [0.05, 0.1) is 22.8 Å². The van der Waals surface area contributed by atoms with Gasteiger partial charge in [0.15, 0.2) is 0 Å². The Morgan fingerprint density at radius 3 is 2.21 bits per heavy atom. The lowest BCUT2D eigenvalue weighted by Crippen LogP contribution is -2.30. The summed E-state index contributed by atoms with van der Waals surface area (Å²) in [5, 5.41) is 5.66. The van der Waals surface area contributed by atoms with E-state index >= 15 is 0 Å². The van der Waals surface area contributed by atoms with Crippen molar-refractivity contribution in [3.63, 3.8) is 0 Å². The van der Waals surface area contributed by atoms with Crippen LogP contribution in [0, 0.1) is 5.82 Å². The first-order chi connectivity index (χ1) is 13.7. The fourth-order valence-corrected chi connectivity index (χ4v) is 4.32. The number of carbonyl (C=O) groups excluding carboxylic acids is 1. The number of nitrogens with zero attached hydrogens (tertiary/aromatic N) is 2. The van der Waals surface area contributed by atoms with Crippen molar-refractivity contribution >= 4 is 33.0 Å². The highest BCUT2D eigenvalue weighted by atomic mass is 32.2. The monoisotopic (exact) mass is 422 g/mol. The van der Waals surface area contributed by atoms with Gasteiger partial charge in [-0.25, -0.2) is 12.8 Å². The van der Waals surface area contributed by atoms with E-state index < -0.39 is 10.0 Å². The van der Waals surface area contributed by atoms with Gasteiger partial charge in [-0.2, -0.15) is 4.31 Å². The second-order valence-corrected chi connectivity index (χ2v) is 8.51. The van der Waals surface area contributed by atoms with E-state index in [4.69, 9.17) is 0 Å². The van der Waals surface area contributed by atoms with E-state index in [1.54, 1.807) is 26.0 Å². The van der Waals surface area contributed by atoms with E-state index in [2.05, 4.69) is 10.6 Å². The molecular weight excluding hydrogens is 395 g/mol. The molecule has 1 amide bonds. The molecule has 0 unspecified atom stereocenters. The number of nitrogens with one attached hydrogen (secondary N) is 2. The first-order valence-corrected chi connectivity index (χ1v) is 10.7. The fraction of sp³-hybridized carbons (Fsp3) is 0.350. The van der Waals surface area contributed by atoms with E-state index in [0.29, 0.717) is 24.5 Å². The molecule has 0 bridgehead atoms. The molecule has 0 radical (unpaired) electrons. The molecule has 0 saturated heterocycles. The molecule has 29 heavy (non-hydrogen) atoms. The van der Waals surface area contributed by atoms with Crippen molar-refractivity contribution in [2.75, 3.05) is 49.3 Å². The highest BCUT2D eigenvalue weighted by Crippen LogP contribution is 2.29.